The molecule has 1 aromatic rings. The first-order chi connectivity index (χ1) is 7.42. The number of carbonyl (C=O) groups is 1. The molecule has 0 atom stereocenters. The maximum atomic E-state index is 11.8. The number of hydrogen-bond acceptors (Lipinski definition) is 1. The van der Waals surface area contributed by atoms with Crippen molar-refractivity contribution in [1.29, 1.82) is 0 Å². The Morgan fingerprint density at radius 1 is 1.19 bits per heavy atom. The van der Waals surface area contributed by atoms with Gasteiger partial charge in [0.25, 0.3) is 5.91 Å². The van der Waals surface area contributed by atoms with Gasteiger partial charge in [0.05, 0.1) is 0 Å². The van der Waals surface area contributed by atoms with Crippen LogP contribution in [0.15, 0.2) is 24.3 Å². The molecule has 0 unspecified atom stereocenters. The highest BCUT2D eigenvalue weighted by Crippen LogP contribution is 2.08. The molecule has 0 radical (unpaired) electrons. The van der Waals surface area contributed by atoms with Gasteiger partial charge < -0.3 is 5.32 Å². The van der Waals surface area contributed by atoms with Crippen molar-refractivity contribution in [2.24, 2.45) is 0 Å². The minimum absolute atomic E-state index is 0.00412. The smallest absolute Gasteiger partial charge is 0.251 e. The molecular formula is C14H21NO. The molecule has 0 fully saturated rings. The summed E-state index contributed by atoms with van der Waals surface area (Å²) >= 11 is 0. The normalized spacial score (nSPS) is 11.2. The number of aryl methyl sites for hydroxylation is 1. The van der Waals surface area contributed by atoms with E-state index < -0.39 is 0 Å². The van der Waals surface area contributed by atoms with Crippen molar-refractivity contribution in [3.05, 3.63) is 35.4 Å². The second-order valence-corrected chi connectivity index (χ2v) is 5.15. The summed E-state index contributed by atoms with van der Waals surface area (Å²) in [5.41, 5.74) is 1.84. The Morgan fingerprint density at radius 2 is 1.75 bits per heavy atom. The van der Waals surface area contributed by atoms with E-state index >= 15 is 0 Å². The van der Waals surface area contributed by atoms with Gasteiger partial charge in [-0.1, -0.05) is 25.5 Å². The van der Waals surface area contributed by atoms with Crippen LogP contribution in [0.1, 0.15) is 50.0 Å². The van der Waals surface area contributed by atoms with Crippen molar-refractivity contribution in [2.45, 2.75) is 46.1 Å². The molecule has 0 aliphatic rings. The highest BCUT2D eigenvalue weighted by Gasteiger charge is 2.14. The van der Waals surface area contributed by atoms with Gasteiger partial charge in [0, 0.05) is 11.1 Å². The Bertz CT molecular complexity index is 346. The first-order valence-corrected chi connectivity index (χ1v) is 5.84. The molecule has 0 saturated heterocycles. The van der Waals surface area contributed by atoms with Crippen LogP contribution in [0.5, 0.6) is 0 Å². The SMILES string of the molecule is CCCc1ccc(C(=O)NC(C)(C)C)cc1. The zero-order chi connectivity index (χ0) is 12.2. The molecule has 16 heavy (non-hydrogen) atoms. The third-order valence-electron chi connectivity index (χ3n) is 2.24. The summed E-state index contributed by atoms with van der Waals surface area (Å²) in [5.74, 6) is -0.00412. The number of benzene rings is 1. The molecule has 1 aromatic carbocycles. The minimum Gasteiger partial charge on any atom is -0.347 e. The summed E-state index contributed by atoms with van der Waals surface area (Å²) in [6, 6.07) is 7.85. The largest absolute Gasteiger partial charge is 0.347 e. The number of nitrogens with one attached hydrogen (secondary N) is 1. The highest BCUT2D eigenvalue weighted by molar-refractivity contribution is 5.94. The van der Waals surface area contributed by atoms with Crippen molar-refractivity contribution in [3.63, 3.8) is 0 Å². The van der Waals surface area contributed by atoms with Gasteiger partial charge in [-0.2, -0.15) is 0 Å². The molecule has 88 valence electrons. The van der Waals surface area contributed by atoms with E-state index in [1.807, 2.05) is 45.0 Å². The number of rotatable bonds is 3. The molecule has 0 saturated carbocycles. The summed E-state index contributed by atoms with van der Waals surface area (Å²) in [7, 11) is 0. The van der Waals surface area contributed by atoms with Gasteiger partial charge in [-0.3, -0.25) is 4.79 Å². The predicted octanol–water partition coefficient (Wildman–Crippen LogP) is 3.17. The standard InChI is InChI=1S/C14H21NO/c1-5-6-11-7-9-12(10-8-11)13(16)15-14(2,3)4/h7-10H,5-6H2,1-4H3,(H,15,16). The van der Waals surface area contributed by atoms with Crippen LogP contribution >= 0.6 is 0 Å². The fourth-order valence-electron chi connectivity index (χ4n) is 1.52. The number of amides is 1. The summed E-state index contributed by atoms with van der Waals surface area (Å²) in [6.07, 6.45) is 2.20. The van der Waals surface area contributed by atoms with Crippen molar-refractivity contribution in [1.82, 2.24) is 5.32 Å². The predicted molar refractivity (Wildman–Crippen MR) is 67.7 cm³/mol. The lowest BCUT2D eigenvalue weighted by atomic mass is 10.1. The number of carbonyl (C=O) groups excluding carboxylic acids is 1. The van der Waals surface area contributed by atoms with E-state index in [9.17, 15) is 4.79 Å². The molecule has 0 aliphatic carbocycles. The molecule has 1 amide bonds. The van der Waals surface area contributed by atoms with Gasteiger partial charge in [0.1, 0.15) is 0 Å². The Hall–Kier alpha value is -1.31. The molecule has 0 spiro atoms. The third kappa shape index (κ3) is 4.05. The van der Waals surface area contributed by atoms with Gasteiger partial charge in [-0.25, -0.2) is 0 Å². The van der Waals surface area contributed by atoms with Crippen molar-refractivity contribution >= 4 is 5.91 Å². The lowest BCUT2D eigenvalue weighted by molar-refractivity contribution is 0.0919. The summed E-state index contributed by atoms with van der Waals surface area (Å²) in [5, 5.41) is 2.95. The maximum Gasteiger partial charge on any atom is 0.251 e. The van der Waals surface area contributed by atoms with E-state index in [2.05, 4.69) is 12.2 Å². The Balaban J connectivity index is 2.70. The second-order valence-electron chi connectivity index (χ2n) is 5.15. The van der Waals surface area contributed by atoms with E-state index in [-0.39, 0.29) is 11.4 Å². The fourth-order valence-corrected chi connectivity index (χ4v) is 1.52. The van der Waals surface area contributed by atoms with Crippen LogP contribution < -0.4 is 5.32 Å². The zero-order valence-electron chi connectivity index (χ0n) is 10.6. The van der Waals surface area contributed by atoms with Crippen molar-refractivity contribution < 1.29 is 4.79 Å². The van der Waals surface area contributed by atoms with Crippen molar-refractivity contribution in [2.75, 3.05) is 0 Å². The first kappa shape index (κ1) is 12.8. The monoisotopic (exact) mass is 219 g/mol. The molecule has 1 rings (SSSR count). The Kier molecular flexibility index (Phi) is 4.11. The van der Waals surface area contributed by atoms with Crippen LogP contribution in [-0.2, 0) is 6.42 Å². The average Bonchev–Trinajstić information content (AvgIpc) is 2.16. The van der Waals surface area contributed by atoms with E-state index in [4.69, 9.17) is 0 Å². The van der Waals surface area contributed by atoms with E-state index in [0.717, 1.165) is 18.4 Å². The number of hydrogen-bond donors (Lipinski definition) is 1. The van der Waals surface area contributed by atoms with Crippen LogP contribution in [0, 0.1) is 0 Å². The Labute approximate surface area is 98.1 Å². The maximum absolute atomic E-state index is 11.8. The second kappa shape index (κ2) is 5.15. The third-order valence-corrected chi connectivity index (χ3v) is 2.24. The Morgan fingerprint density at radius 3 is 2.19 bits per heavy atom. The van der Waals surface area contributed by atoms with E-state index in [0.29, 0.717) is 0 Å². The van der Waals surface area contributed by atoms with Crippen LogP contribution in [0.4, 0.5) is 0 Å². The van der Waals surface area contributed by atoms with E-state index in [1.54, 1.807) is 0 Å². The van der Waals surface area contributed by atoms with Gasteiger partial charge in [0.15, 0.2) is 0 Å². The summed E-state index contributed by atoms with van der Waals surface area (Å²) in [4.78, 5) is 11.8. The molecule has 1 N–H and O–H groups in total. The zero-order valence-corrected chi connectivity index (χ0v) is 10.6. The topological polar surface area (TPSA) is 29.1 Å². The molecule has 2 heteroatoms. The van der Waals surface area contributed by atoms with Crippen LogP contribution in [-0.4, -0.2) is 11.4 Å². The van der Waals surface area contributed by atoms with Crippen LogP contribution in [0.25, 0.3) is 0 Å². The van der Waals surface area contributed by atoms with Gasteiger partial charge in [-0.05, 0) is 44.9 Å². The fraction of sp³-hybridized carbons (Fsp3) is 0.500. The van der Waals surface area contributed by atoms with Gasteiger partial charge >= 0.3 is 0 Å². The average molecular weight is 219 g/mol. The lowest BCUT2D eigenvalue weighted by Crippen LogP contribution is -2.40. The first-order valence-electron chi connectivity index (χ1n) is 5.84. The highest BCUT2D eigenvalue weighted by atomic mass is 16.1. The van der Waals surface area contributed by atoms with Gasteiger partial charge in [0.2, 0.25) is 0 Å². The van der Waals surface area contributed by atoms with Gasteiger partial charge in [-0.15, -0.1) is 0 Å². The summed E-state index contributed by atoms with van der Waals surface area (Å²) < 4.78 is 0. The lowest BCUT2D eigenvalue weighted by Gasteiger charge is -2.20. The van der Waals surface area contributed by atoms with Crippen molar-refractivity contribution in [3.8, 4) is 0 Å². The molecule has 0 heterocycles. The minimum atomic E-state index is -0.181. The van der Waals surface area contributed by atoms with Crippen LogP contribution in [0.2, 0.25) is 0 Å². The molecule has 0 aromatic heterocycles. The quantitative estimate of drug-likeness (QED) is 0.831. The molecule has 0 bridgehead atoms. The molecular weight excluding hydrogens is 198 g/mol. The summed E-state index contributed by atoms with van der Waals surface area (Å²) in [6.45, 7) is 8.10. The molecule has 2 nitrogen and oxygen atoms in total. The van der Waals surface area contributed by atoms with Crippen LogP contribution in [0.3, 0.4) is 0 Å². The van der Waals surface area contributed by atoms with E-state index in [1.165, 1.54) is 5.56 Å². The molecule has 0 aliphatic heterocycles.